The number of nitrogens with one attached hydrogen (secondary N) is 1. The first-order valence-electron chi connectivity index (χ1n) is 2.37. The van der Waals surface area contributed by atoms with E-state index in [4.69, 9.17) is 6.42 Å². The van der Waals surface area contributed by atoms with Crippen LogP contribution in [0, 0.1) is 19.4 Å². The second-order valence-electron chi connectivity index (χ2n) is 1.54. The Morgan fingerprint density at radius 2 is 2.62 bits per heavy atom. The van der Waals surface area contributed by atoms with Gasteiger partial charge in [-0.25, -0.2) is 4.98 Å². The Kier molecular flexibility index (Phi) is 1.05. The molecule has 0 saturated carbocycles. The molecule has 0 aliphatic rings. The summed E-state index contributed by atoms with van der Waals surface area (Å²) in [4.78, 5) is 2.94. The second-order valence-corrected chi connectivity index (χ2v) is 1.54. The third kappa shape index (κ3) is 0.584. The minimum atomic E-state index is 0.979. The normalized spacial score (nSPS) is 8.50. The van der Waals surface area contributed by atoms with E-state index >= 15 is 0 Å². The number of terminal acetylenes is 1. The molecule has 0 saturated heterocycles. The fourth-order valence-electron chi connectivity index (χ4n) is 0.554. The molecule has 0 aromatic carbocycles. The molecule has 1 aromatic rings. The first-order valence-corrected chi connectivity index (χ1v) is 2.37. The van der Waals surface area contributed by atoms with Gasteiger partial charge in [-0.2, -0.15) is 4.57 Å². The van der Waals surface area contributed by atoms with Gasteiger partial charge < -0.3 is 0 Å². The molecule has 40 valence electrons. The van der Waals surface area contributed by atoms with Crippen LogP contribution in [0.25, 0.3) is 0 Å². The summed E-state index contributed by atoms with van der Waals surface area (Å²) in [5.74, 6) is 0.979. The molecule has 0 spiro atoms. The van der Waals surface area contributed by atoms with E-state index in [9.17, 15) is 0 Å². The average molecular weight is 107 g/mol. The number of hydrogen-bond acceptors (Lipinski definition) is 0. The lowest BCUT2D eigenvalue weighted by Crippen LogP contribution is -2.27. The molecular formula is C6H7N2+. The van der Waals surface area contributed by atoms with Gasteiger partial charge in [-0.1, -0.05) is 6.42 Å². The van der Waals surface area contributed by atoms with E-state index < -0.39 is 0 Å². The zero-order valence-electron chi connectivity index (χ0n) is 4.68. The lowest BCUT2D eigenvalue weighted by atomic mass is 10.7. The summed E-state index contributed by atoms with van der Waals surface area (Å²) in [5, 5.41) is 0. The van der Waals surface area contributed by atoms with Gasteiger partial charge in [0.1, 0.15) is 18.4 Å². The van der Waals surface area contributed by atoms with E-state index in [-0.39, 0.29) is 0 Å². The van der Waals surface area contributed by atoms with Gasteiger partial charge in [-0.05, 0) is 0 Å². The van der Waals surface area contributed by atoms with Gasteiger partial charge >= 0.3 is 0 Å². The number of nitrogens with zero attached hydrogens (tertiary/aromatic N) is 1. The van der Waals surface area contributed by atoms with Crippen molar-refractivity contribution in [3.63, 3.8) is 0 Å². The maximum atomic E-state index is 5.09. The summed E-state index contributed by atoms with van der Waals surface area (Å²) in [7, 11) is 0. The average Bonchev–Trinajstić information content (AvgIpc) is 2.14. The largest absolute Gasteiger partial charge is 0.264 e. The first kappa shape index (κ1) is 4.92. The quantitative estimate of drug-likeness (QED) is 0.357. The van der Waals surface area contributed by atoms with E-state index in [0.717, 1.165) is 5.82 Å². The van der Waals surface area contributed by atoms with Crippen LogP contribution in [0.3, 0.4) is 0 Å². The monoisotopic (exact) mass is 107 g/mol. The number of aryl methyl sites for hydroxylation is 1. The molecule has 2 nitrogen and oxygen atoms in total. The fourth-order valence-corrected chi connectivity index (χ4v) is 0.554. The lowest BCUT2D eigenvalue weighted by molar-refractivity contribution is -0.588. The van der Waals surface area contributed by atoms with E-state index in [0.29, 0.717) is 0 Å². The maximum absolute atomic E-state index is 5.09. The molecule has 1 N–H and O–H groups in total. The highest BCUT2D eigenvalue weighted by Crippen LogP contribution is 1.76. The number of aromatic nitrogens is 2. The summed E-state index contributed by atoms with van der Waals surface area (Å²) in [6.45, 7) is 1.92. The molecule has 1 heterocycles. The van der Waals surface area contributed by atoms with E-state index in [1.165, 1.54) is 0 Å². The van der Waals surface area contributed by atoms with Gasteiger partial charge in [0.25, 0.3) is 5.82 Å². The van der Waals surface area contributed by atoms with Gasteiger partial charge in [0.15, 0.2) is 0 Å². The zero-order valence-corrected chi connectivity index (χ0v) is 4.68. The smallest absolute Gasteiger partial charge is 0.247 e. The summed E-state index contributed by atoms with van der Waals surface area (Å²) < 4.78 is 1.68. The van der Waals surface area contributed by atoms with Crippen molar-refractivity contribution in [2.24, 2.45) is 0 Å². The zero-order chi connectivity index (χ0) is 5.98. The SMILES string of the molecule is C#C[n+]1cc[nH]c1C. The van der Waals surface area contributed by atoms with Gasteiger partial charge in [0, 0.05) is 6.92 Å². The van der Waals surface area contributed by atoms with Crippen molar-refractivity contribution in [1.29, 1.82) is 0 Å². The highest BCUT2D eigenvalue weighted by Gasteiger charge is 1.97. The molecule has 0 aliphatic carbocycles. The Hall–Kier alpha value is -1.23. The molecule has 0 radical (unpaired) electrons. The molecule has 0 unspecified atom stereocenters. The number of imidazole rings is 1. The van der Waals surface area contributed by atoms with Crippen molar-refractivity contribution < 1.29 is 4.57 Å². The second kappa shape index (κ2) is 1.71. The van der Waals surface area contributed by atoms with Gasteiger partial charge in [-0.15, -0.1) is 0 Å². The molecule has 0 fully saturated rings. The highest BCUT2D eigenvalue weighted by atomic mass is 15.0. The Bertz CT molecular complexity index is 217. The minimum absolute atomic E-state index is 0.979. The van der Waals surface area contributed by atoms with Crippen LogP contribution in [0.2, 0.25) is 0 Å². The van der Waals surface area contributed by atoms with Gasteiger partial charge in [-0.3, -0.25) is 0 Å². The minimum Gasteiger partial charge on any atom is -0.247 e. The third-order valence-corrected chi connectivity index (χ3v) is 1.02. The molecule has 0 amide bonds. The summed E-state index contributed by atoms with van der Waals surface area (Å²) in [5.41, 5.74) is 0. The molecule has 2 heteroatoms. The Morgan fingerprint density at radius 1 is 1.88 bits per heavy atom. The molecule has 0 aliphatic heterocycles. The Morgan fingerprint density at radius 3 is 2.88 bits per heavy atom. The van der Waals surface area contributed by atoms with Crippen LogP contribution in [0.1, 0.15) is 5.82 Å². The fraction of sp³-hybridized carbons (Fsp3) is 0.167. The van der Waals surface area contributed by atoms with E-state index in [1.54, 1.807) is 17.0 Å². The van der Waals surface area contributed by atoms with Crippen LogP contribution in [0.4, 0.5) is 0 Å². The van der Waals surface area contributed by atoms with E-state index in [2.05, 4.69) is 11.0 Å². The molecule has 1 aromatic heterocycles. The summed E-state index contributed by atoms with van der Waals surface area (Å²) in [6.07, 6.45) is 8.69. The van der Waals surface area contributed by atoms with Crippen LogP contribution >= 0.6 is 0 Å². The lowest BCUT2D eigenvalue weighted by Gasteiger charge is -1.75. The van der Waals surface area contributed by atoms with Crippen molar-refractivity contribution in [1.82, 2.24) is 4.98 Å². The predicted molar refractivity (Wildman–Crippen MR) is 30.0 cm³/mol. The highest BCUT2D eigenvalue weighted by molar-refractivity contribution is 4.78. The van der Waals surface area contributed by atoms with Crippen LogP contribution < -0.4 is 4.57 Å². The van der Waals surface area contributed by atoms with Gasteiger partial charge in [0.2, 0.25) is 0 Å². The summed E-state index contributed by atoms with van der Waals surface area (Å²) in [6, 6.07) is 2.46. The third-order valence-electron chi connectivity index (χ3n) is 1.02. The topological polar surface area (TPSA) is 19.7 Å². The van der Waals surface area contributed by atoms with Crippen molar-refractivity contribution in [3.8, 4) is 12.5 Å². The van der Waals surface area contributed by atoms with E-state index in [1.807, 2.05) is 6.92 Å². The number of H-pyrrole nitrogens is 1. The maximum Gasteiger partial charge on any atom is 0.264 e. The van der Waals surface area contributed by atoms with Crippen LogP contribution in [0.5, 0.6) is 0 Å². The predicted octanol–water partition coefficient (Wildman–Crippen LogP) is 0.0494. The van der Waals surface area contributed by atoms with Crippen LogP contribution in [-0.2, 0) is 0 Å². The standard InChI is InChI=1S/C6H6N2/c1-3-8-5-4-7-6(8)2/h1,4-5H,2H3/p+1. The molecular weight excluding hydrogens is 100 g/mol. The Labute approximate surface area is 48.2 Å². The van der Waals surface area contributed by atoms with Gasteiger partial charge in [0.05, 0.1) is 0 Å². The van der Waals surface area contributed by atoms with Crippen molar-refractivity contribution in [3.05, 3.63) is 18.2 Å². The van der Waals surface area contributed by atoms with Crippen LogP contribution in [0.15, 0.2) is 12.4 Å². The first-order chi connectivity index (χ1) is 3.84. The number of hydrogen-bond donors (Lipinski definition) is 1. The molecule has 1 rings (SSSR count). The van der Waals surface area contributed by atoms with Crippen molar-refractivity contribution in [2.45, 2.75) is 6.92 Å². The molecule has 0 bridgehead atoms. The van der Waals surface area contributed by atoms with Crippen molar-refractivity contribution >= 4 is 0 Å². The number of aromatic amines is 1. The van der Waals surface area contributed by atoms with Crippen molar-refractivity contribution in [2.75, 3.05) is 0 Å². The Balaban J connectivity index is 3.15. The molecule has 0 atom stereocenters. The molecule has 8 heavy (non-hydrogen) atoms. The van der Waals surface area contributed by atoms with Crippen LogP contribution in [-0.4, -0.2) is 4.98 Å². The number of rotatable bonds is 0. The summed E-state index contributed by atoms with van der Waals surface area (Å²) >= 11 is 0.